The minimum atomic E-state index is -3.47. The molecule has 1 aromatic carbocycles. The summed E-state index contributed by atoms with van der Waals surface area (Å²) >= 11 is 0. The van der Waals surface area contributed by atoms with Gasteiger partial charge in [0.25, 0.3) is 0 Å². The maximum Gasteiger partial charge on any atom is 0.182 e. The topological polar surface area (TPSA) is 60.2 Å². The number of nitrogens with two attached hydrogens (primary N) is 1. The van der Waals surface area contributed by atoms with E-state index in [4.69, 9.17) is 5.73 Å². The zero-order valence-electron chi connectivity index (χ0n) is 8.47. The van der Waals surface area contributed by atoms with Gasteiger partial charge in [-0.1, -0.05) is 18.2 Å². The van der Waals surface area contributed by atoms with E-state index in [1.165, 1.54) is 12.1 Å². The highest BCUT2D eigenvalue weighted by Gasteiger charge is 2.15. The van der Waals surface area contributed by atoms with Crippen LogP contribution in [0.25, 0.3) is 0 Å². The highest BCUT2D eigenvalue weighted by atomic mass is 35.5. The molecule has 0 aliphatic heterocycles. The van der Waals surface area contributed by atoms with Crippen molar-refractivity contribution in [2.45, 2.75) is 4.90 Å². The van der Waals surface area contributed by atoms with Crippen molar-refractivity contribution in [3.63, 3.8) is 0 Å². The molecule has 0 aliphatic rings. The molecule has 1 rings (SSSR count). The Hall–Kier alpha value is -0.910. The van der Waals surface area contributed by atoms with Crippen LogP contribution in [0.2, 0.25) is 0 Å². The van der Waals surface area contributed by atoms with Crippen LogP contribution >= 0.6 is 12.4 Å². The lowest BCUT2D eigenvalue weighted by Crippen LogP contribution is -2.14. The Bertz CT molecular complexity index is 445. The van der Waals surface area contributed by atoms with Crippen LogP contribution in [0.4, 0.5) is 4.39 Å². The quantitative estimate of drug-likeness (QED) is 0.901. The summed E-state index contributed by atoms with van der Waals surface area (Å²) in [5.41, 5.74) is 5.26. The third-order valence-corrected chi connectivity index (χ3v) is 3.64. The number of halogens is 2. The summed E-state index contributed by atoms with van der Waals surface area (Å²) in [5.74, 6) is -0.371. The molecule has 0 bridgehead atoms. The fraction of sp³-hybridized carbons (Fsp3) is 0.200. The summed E-state index contributed by atoms with van der Waals surface area (Å²) in [4.78, 5) is 0.179. The van der Waals surface area contributed by atoms with Crippen LogP contribution in [0.15, 0.2) is 47.1 Å². The second-order valence-electron chi connectivity index (χ2n) is 3.04. The van der Waals surface area contributed by atoms with E-state index in [2.05, 4.69) is 0 Å². The van der Waals surface area contributed by atoms with E-state index in [0.29, 0.717) is 0 Å². The van der Waals surface area contributed by atoms with E-state index < -0.39 is 9.84 Å². The lowest BCUT2D eigenvalue weighted by Gasteiger charge is -2.04. The van der Waals surface area contributed by atoms with Gasteiger partial charge in [-0.25, -0.2) is 12.8 Å². The molecule has 0 heterocycles. The van der Waals surface area contributed by atoms with E-state index in [0.717, 1.165) is 0 Å². The summed E-state index contributed by atoms with van der Waals surface area (Å²) in [5, 5.41) is 0. The van der Waals surface area contributed by atoms with Gasteiger partial charge in [0.05, 0.1) is 17.0 Å². The molecule has 0 aliphatic carbocycles. The fourth-order valence-electron chi connectivity index (χ4n) is 1.09. The number of hydrogen-bond acceptors (Lipinski definition) is 3. The molecule has 0 amide bonds. The van der Waals surface area contributed by atoms with Gasteiger partial charge >= 0.3 is 0 Å². The first-order valence-electron chi connectivity index (χ1n) is 4.36. The predicted octanol–water partition coefficient (Wildman–Crippen LogP) is 1.69. The Morgan fingerprint density at radius 1 is 1.31 bits per heavy atom. The van der Waals surface area contributed by atoms with Crippen molar-refractivity contribution < 1.29 is 12.8 Å². The van der Waals surface area contributed by atoms with Crippen molar-refractivity contribution >= 4 is 22.2 Å². The molecular weight excluding hydrogens is 253 g/mol. The van der Waals surface area contributed by atoms with Gasteiger partial charge in [0.1, 0.15) is 0 Å². The van der Waals surface area contributed by atoms with E-state index in [9.17, 15) is 12.8 Å². The third kappa shape index (κ3) is 3.92. The van der Waals surface area contributed by atoms with Crippen LogP contribution in [0, 0.1) is 0 Å². The minimum Gasteiger partial charge on any atom is -0.327 e. The van der Waals surface area contributed by atoms with Crippen LogP contribution in [-0.4, -0.2) is 20.7 Å². The summed E-state index contributed by atoms with van der Waals surface area (Å²) in [6, 6.07) is 7.90. The van der Waals surface area contributed by atoms with Gasteiger partial charge in [0.2, 0.25) is 0 Å². The van der Waals surface area contributed by atoms with Gasteiger partial charge in [0, 0.05) is 6.54 Å². The van der Waals surface area contributed by atoms with Gasteiger partial charge in [-0.15, -0.1) is 12.4 Å². The maximum absolute atomic E-state index is 12.2. The van der Waals surface area contributed by atoms with Crippen molar-refractivity contribution in [3.8, 4) is 0 Å². The Morgan fingerprint density at radius 3 is 2.31 bits per heavy atom. The monoisotopic (exact) mass is 265 g/mol. The average Bonchev–Trinajstić information content (AvgIpc) is 2.27. The van der Waals surface area contributed by atoms with Crippen LogP contribution in [0.3, 0.4) is 0 Å². The third-order valence-electron chi connectivity index (χ3n) is 1.89. The smallest absolute Gasteiger partial charge is 0.182 e. The summed E-state index contributed by atoms with van der Waals surface area (Å²) in [6.45, 7) is -0.0947. The number of benzene rings is 1. The van der Waals surface area contributed by atoms with Crippen molar-refractivity contribution in [2.75, 3.05) is 12.3 Å². The van der Waals surface area contributed by atoms with Gasteiger partial charge in [-0.2, -0.15) is 0 Å². The molecule has 0 saturated heterocycles. The maximum atomic E-state index is 12.2. The molecule has 0 aromatic heterocycles. The van der Waals surface area contributed by atoms with Crippen LogP contribution in [0.1, 0.15) is 0 Å². The van der Waals surface area contributed by atoms with Crippen LogP contribution in [-0.2, 0) is 9.84 Å². The molecule has 0 atom stereocenters. The highest BCUT2D eigenvalue weighted by molar-refractivity contribution is 7.91. The second kappa shape index (κ2) is 6.62. The van der Waals surface area contributed by atoms with E-state index >= 15 is 0 Å². The van der Waals surface area contributed by atoms with Crippen molar-refractivity contribution in [1.29, 1.82) is 0 Å². The summed E-state index contributed by atoms with van der Waals surface area (Å²) in [6.07, 6.45) is 0.250. The van der Waals surface area contributed by atoms with Crippen molar-refractivity contribution in [2.24, 2.45) is 5.73 Å². The number of rotatable bonds is 4. The normalized spacial score (nSPS) is 12.0. The summed E-state index contributed by atoms with van der Waals surface area (Å²) < 4.78 is 35.6. The molecule has 6 heteroatoms. The van der Waals surface area contributed by atoms with Gasteiger partial charge in [-0.3, -0.25) is 0 Å². The molecule has 0 saturated carbocycles. The molecule has 0 fully saturated rings. The molecule has 1 aromatic rings. The number of sulfone groups is 1. The van der Waals surface area contributed by atoms with Gasteiger partial charge < -0.3 is 5.73 Å². The van der Waals surface area contributed by atoms with E-state index in [-0.39, 0.29) is 41.5 Å². The first-order chi connectivity index (χ1) is 7.10. The zero-order valence-corrected chi connectivity index (χ0v) is 10.1. The minimum absolute atomic E-state index is 0. The molecule has 0 radical (unpaired) electrons. The molecule has 90 valence electrons. The Balaban J connectivity index is 0.00000225. The Kier molecular flexibility index (Phi) is 6.25. The largest absolute Gasteiger partial charge is 0.327 e. The zero-order chi connectivity index (χ0) is 11.3. The number of hydrogen-bond donors (Lipinski definition) is 1. The van der Waals surface area contributed by atoms with Crippen molar-refractivity contribution in [1.82, 2.24) is 0 Å². The fourth-order valence-corrected chi connectivity index (χ4v) is 2.50. The lowest BCUT2D eigenvalue weighted by molar-refractivity contribution is 0.596. The second-order valence-corrected chi connectivity index (χ2v) is 5.03. The standard InChI is InChI=1S/C10H12FNO2S.ClH/c11-6-9(7-12)8-15(13,14)10-4-2-1-3-5-10;/h1-6H,7-8,12H2;1H/b9-6+;. The molecule has 0 unspecified atom stereocenters. The first kappa shape index (κ1) is 15.1. The summed E-state index contributed by atoms with van der Waals surface area (Å²) in [7, 11) is -3.47. The average molecular weight is 266 g/mol. The molecule has 0 spiro atoms. The predicted molar refractivity (Wildman–Crippen MR) is 64.0 cm³/mol. The van der Waals surface area contributed by atoms with E-state index in [1.54, 1.807) is 18.2 Å². The Morgan fingerprint density at radius 2 is 1.88 bits per heavy atom. The van der Waals surface area contributed by atoms with Crippen LogP contribution < -0.4 is 5.73 Å². The lowest BCUT2D eigenvalue weighted by atomic mass is 10.3. The van der Waals surface area contributed by atoms with Gasteiger partial charge in [0.15, 0.2) is 9.84 Å². The SMILES string of the molecule is Cl.NC/C(=C\F)CS(=O)(=O)c1ccccc1. The van der Waals surface area contributed by atoms with Crippen molar-refractivity contribution in [3.05, 3.63) is 42.2 Å². The molecule has 16 heavy (non-hydrogen) atoms. The molecule has 2 N–H and O–H groups in total. The molecular formula is C10H13ClFNO2S. The van der Waals surface area contributed by atoms with Crippen LogP contribution in [0.5, 0.6) is 0 Å². The molecule has 3 nitrogen and oxygen atoms in total. The highest BCUT2D eigenvalue weighted by Crippen LogP contribution is 2.12. The Labute approximate surface area is 100 Å². The van der Waals surface area contributed by atoms with E-state index in [1.807, 2.05) is 0 Å². The van der Waals surface area contributed by atoms with Gasteiger partial charge in [-0.05, 0) is 17.7 Å². The first-order valence-corrected chi connectivity index (χ1v) is 6.01.